The zero-order valence-corrected chi connectivity index (χ0v) is 15.6. The van der Waals surface area contributed by atoms with Gasteiger partial charge in [0.05, 0.1) is 29.6 Å². The van der Waals surface area contributed by atoms with Crippen LogP contribution in [0.4, 0.5) is 11.4 Å². The smallest absolute Gasteiger partial charge is 0.291 e. The van der Waals surface area contributed by atoms with Crippen molar-refractivity contribution in [3.63, 3.8) is 0 Å². The number of anilines is 2. The van der Waals surface area contributed by atoms with Crippen molar-refractivity contribution in [1.82, 2.24) is 0 Å². The van der Waals surface area contributed by atoms with Gasteiger partial charge in [-0.1, -0.05) is 23.2 Å². The van der Waals surface area contributed by atoms with Gasteiger partial charge in [0.1, 0.15) is 5.75 Å². The zero-order chi connectivity index (χ0) is 19.4. The van der Waals surface area contributed by atoms with Gasteiger partial charge in [-0.25, -0.2) is 0 Å². The van der Waals surface area contributed by atoms with E-state index >= 15 is 0 Å². The van der Waals surface area contributed by atoms with Gasteiger partial charge in [-0.05, 0) is 48.5 Å². The van der Waals surface area contributed by atoms with Crippen LogP contribution in [0, 0.1) is 0 Å². The predicted molar refractivity (Wildman–Crippen MR) is 104 cm³/mol. The number of halogens is 2. The van der Waals surface area contributed by atoms with E-state index in [1.807, 2.05) is 0 Å². The molecule has 3 aromatic rings. The molecule has 0 bridgehead atoms. The standard InChI is InChI=1S/C19H14Cl2N2O4/c1-26-16-7-5-12(22-19(25)17-3-2-8-27-17)10-15(16)23-18(24)13-9-11(20)4-6-14(13)21/h2-10H,1H3,(H,22,25)(H,23,24). The summed E-state index contributed by atoms with van der Waals surface area (Å²) < 4.78 is 10.3. The van der Waals surface area contributed by atoms with Crippen molar-refractivity contribution in [1.29, 1.82) is 0 Å². The number of nitrogens with one attached hydrogen (secondary N) is 2. The van der Waals surface area contributed by atoms with E-state index in [0.29, 0.717) is 22.1 Å². The summed E-state index contributed by atoms with van der Waals surface area (Å²) in [5.41, 5.74) is 1.02. The number of ether oxygens (including phenoxy) is 1. The molecule has 0 saturated carbocycles. The van der Waals surface area contributed by atoms with Gasteiger partial charge in [-0.3, -0.25) is 9.59 Å². The summed E-state index contributed by atoms with van der Waals surface area (Å²) in [6.07, 6.45) is 1.41. The Labute approximate surface area is 165 Å². The highest BCUT2D eigenvalue weighted by atomic mass is 35.5. The fourth-order valence-corrected chi connectivity index (χ4v) is 2.72. The molecule has 0 fully saturated rings. The van der Waals surface area contributed by atoms with Crippen LogP contribution in [0.2, 0.25) is 10.0 Å². The van der Waals surface area contributed by atoms with Crippen molar-refractivity contribution in [3.8, 4) is 5.75 Å². The van der Waals surface area contributed by atoms with Crippen molar-refractivity contribution in [2.75, 3.05) is 17.7 Å². The summed E-state index contributed by atoms with van der Waals surface area (Å²) in [5, 5.41) is 6.04. The van der Waals surface area contributed by atoms with Gasteiger partial charge in [0.15, 0.2) is 5.76 Å². The van der Waals surface area contributed by atoms with Gasteiger partial charge in [-0.2, -0.15) is 0 Å². The summed E-state index contributed by atoms with van der Waals surface area (Å²) in [4.78, 5) is 24.7. The highest BCUT2D eigenvalue weighted by Gasteiger charge is 2.15. The molecule has 0 unspecified atom stereocenters. The number of benzene rings is 2. The van der Waals surface area contributed by atoms with Crippen molar-refractivity contribution in [2.45, 2.75) is 0 Å². The molecule has 0 saturated heterocycles. The first kappa shape index (κ1) is 18.8. The molecule has 0 aliphatic heterocycles. The van der Waals surface area contributed by atoms with Crippen LogP contribution in [0.1, 0.15) is 20.9 Å². The normalized spacial score (nSPS) is 10.3. The summed E-state index contributed by atoms with van der Waals surface area (Å²) >= 11 is 12.0. The minimum atomic E-state index is -0.463. The van der Waals surface area contributed by atoms with Crippen LogP contribution in [0.15, 0.2) is 59.2 Å². The third kappa shape index (κ3) is 4.42. The molecule has 1 aromatic heterocycles. The van der Waals surface area contributed by atoms with Crippen LogP contribution >= 0.6 is 23.2 Å². The van der Waals surface area contributed by atoms with Crippen LogP contribution in [-0.2, 0) is 0 Å². The Bertz CT molecular complexity index is 987. The molecular formula is C19H14Cl2N2O4. The molecule has 2 amide bonds. The summed E-state index contributed by atoms with van der Waals surface area (Å²) in [7, 11) is 1.47. The Kier molecular flexibility index (Phi) is 5.69. The molecule has 2 aromatic carbocycles. The lowest BCUT2D eigenvalue weighted by Gasteiger charge is -2.13. The maximum atomic E-state index is 12.6. The second kappa shape index (κ2) is 8.16. The number of rotatable bonds is 5. The lowest BCUT2D eigenvalue weighted by Crippen LogP contribution is -2.15. The fourth-order valence-electron chi connectivity index (χ4n) is 2.35. The summed E-state index contributed by atoms with van der Waals surface area (Å²) in [5.74, 6) is -0.296. The topological polar surface area (TPSA) is 80.6 Å². The summed E-state index contributed by atoms with van der Waals surface area (Å²) in [6, 6.07) is 12.6. The number of carbonyl (C=O) groups excluding carboxylic acids is 2. The van der Waals surface area contributed by atoms with E-state index in [-0.39, 0.29) is 16.3 Å². The second-order valence-corrected chi connectivity index (χ2v) is 6.27. The van der Waals surface area contributed by atoms with E-state index in [4.69, 9.17) is 32.4 Å². The first-order chi connectivity index (χ1) is 13.0. The van der Waals surface area contributed by atoms with E-state index in [2.05, 4.69) is 10.6 Å². The molecule has 3 rings (SSSR count). The molecule has 0 atom stereocenters. The molecule has 27 heavy (non-hydrogen) atoms. The second-order valence-electron chi connectivity index (χ2n) is 5.42. The third-order valence-corrected chi connectivity index (χ3v) is 4.19. The van der Waals surface area contributed by atoms with Gasteiger partial charge in [0.2, 0.25) is 0 Å². The molecule has 0 aliphatic carbocycles. The molecule has 138 valence electrons. The molecule has 6 nitrogen and oxygen atoms in total. The largest absolute Gasteiger partial charge is 0.495 e. The van der Waals surface area contributed by atoms with E-state index in [0.717, 1.165) is 0 Å². The monoisotopic (exact) mass is 404 g/mol. The molecule has 0 spiro atoms. The predicted octanol–water partition coefficient (Wildman–Crippen LogP) is 5.10. The quantitative estimate of drug-likeness (QED) is 0.619. The molecule has 0 radical (unpaired) electrons. The first-order valence-electron chi connectivity index (χ1n) is 7.77. The van der Waals surface area contributed by atoms with Crippen LogP contribution in [0.25, 0.3) is 0 Å². The number of furan rings is 1. The van der Waals surface area contributed by atoms with Gasteiger partial charge in [0.25, 0.3) is 11.8 Å². The fraction of sp³-hybridized carbons (Fsp3) is 0.0526. The SMILES string of the molecule is COc1ccc(NC(=O)c2ccco2)cc1NC(=O)c1cc(Cl)ccc1Cl. The number of amides is 2. The van der Waals surface area contributed by atoms with Gasteiger partial charge in [-0.15, -0.1) is 0 Å². The lowest BCUT2D eigenvalue weighted by atomic mass is 10.2. The van der Waals surface area contributed by atoms with Crippen molar-refractivity contribution in [2.24, 2.45) is 0 Å². The van der Waals surface area contributed by atoms with Crippen LogP contribution in [0.3, 0.4) is 0 Å². The average Bonchev–Trinajstić information content (AvgIpc) is 3.19. The van der Waals surface area contributed by atoms with E-state index in [9.17, 15) is 9.59 Å². The molecule has 8 heteroatoms. The Morgan fingerprint density at radius 2 is 1.81 bits per heavy atom. The highest BCUT2D eigenvalue weighted by Crippen LogP contribution is 2.30. The molecule has 2 N–H and O–H groups in total. The zero-order valence-electron chi connectivity index (χ0n) is 14.1. The molecular weight excluding hydrogens is 391 g/mol. The number of methoxy groups -OCH3 is 1. The highest BCUT2D eigenvalue weighted by molar-refractivity contribution is 6.36. The Morgan fingerprint density at radius 1 is 1.00 bits per heavy atom. The van der Waals surface area contributed by atoms with Crippen molar-refractivity contribution in [3.05, 3.63) is 76.2 Å². The number of hydrogen-bond acceptors (Lipinski definition) is 4. The van der Waals surface area contributed by atoms with Crippen LogP contribution in [-0.4, -0.2) is 18.9 Å². The van der Waals surface area contributed by atoms with Crippen LogP contribution < -0.4 is 15.4 Å². The molecule has 0 aliphatic rings. The minimum absolute atomic E-state index is 0.169. The minimum Gasteiger partial charge on any atom is -0.495 e. The lowest BCUT2D eigenvalue weighted by molar-refractivity contribution is 0.0995. The van der Waals surface area contributed by atoms with Crippen molar-refractivity contribution >= 4 is 46.4 Å². The Balaban J connectivity index is 1.84. The first-order valence-corrected chi connectivity index (χ1v) is 8.53. The summed E-state index contributed by atoms with van der Waals surface area (Å²) in [6.45, 7) is 0. The van der Waals surface area contributed by atoms with Gasteiger partial charge >= 0.3 is 0 Å². The number of carbonyl (C=O) groups is 2. The number of hydrogen-bond donors (Lipinski definition) is 2. The maximum Gasteiger partial charge on any atom is 0.291 e. The van der Waals surface area contributed by atoms with E-state index in [1.165, 1.54) is 25.5 Å². The Hall–Kier alpha value is -2.96. The average molecular weight is 405 g/mol. The third-order valence-electron chi connectivity index (χ3n) is 3.62. The van der Waals surface area contributed by atoms with Crippen molar-refractivity contribution < 1.29 is 18.7 Å². The van der Waals surface area contributed by atoms with E-state index in [1.54, 1.807) is 36.4 Å². The van der Waals surface area contributed by atoms with Gasteiger partial charge in [0, 0.05) is 10.7 Å². The van der Waals surface area contributed by atoms with E-state index < -0.39 is 11.8 Å². The van der Waals surface area contributed by atoms with Crippen LogP contribution in [0.5, 0.6) is 5.75 Å². The Morgan fingerprint density at radius 3 is 2.52 bits per heavy atom. The van der Waals surface area contributed by atoms with Gasteiger partial charge < -0.3 is 19.8 Å². The molecule has 1 heterocycles. The maximum absolute atomic E-state index is 12.6.